The highest BCUT2D eigenvalue weighted by atomic mass is 16.5. The lowest BCUT2D eigenvalue weighted by molar-refractivity contribution is 0.306. The molecule has 1 aliphatic rings. The Balaban J connectivity index is 1.24. The van der Waals surface area contributed by atoms with Gasteiger partial charge < -0.3 is 4.74 Å². The lowest BCUT2D eigenvalue weighted by Crippen LogP contribution is -1.99. The summed E-state index contributed by atoms with van der Waals surface area (Å²) in [6.07, 6.45) is 0. The Morgan fingerprint density at radius 2 is 0.896 bits per heavy atom. The number of hydrogen-bond donors (Lipinski definition) is 0. The summed E-state index contributed by atoms with van der Waals surface area (Å²) >= 11 is 0. The predicted molar refractivity (Wildman–Crippen MR) is 202 cm³/mol. The summed E-state index contributed by atoms with van der Waals surface area (Å²) in [4.78, 5) is 0. The lowest BCUT2D eigenvalue weighted by Gasteiger charge is -2.19. The minimum Gasteiger partial charge on any atom is -0.488 e. The van der Waals surface area contributed by atoms with E-state index in [2.05, 4.69) is 176 Å². The molecule has 1 nitrogen and oxygen atoms in total. The maximum absolute atomic E-state index is 6.80. The highest BCUT2D eigenvalue weighted by Gasteiger charge is 2.22. The highest BCUT2D eigenvalue weighted by Crippen LogP contribution is 2.46. The topological polar surface area (TPSA) is 9.23 Å². The molecule has 1 heteroatoms. The van der Waals surface area contributed by atoms with Gasteiger partial charge in [-0.15, -0.1) is 0 Å². The zero-order chi connectivity index (χ0) is 32.0. The predicted octanol–water partition coefficient (Wildman–Crippen LogP) is 12.6. The van der Waals surface area contributed by atoms with Crippen LogP contribution in [0.4, 0.5) is 0 Å². The zero-order valence-electron chi connectivity index (χ0n) is 26.5. The van der Waals surface area contributed by atoms with Gasteiger partial charge in [-0.2, -0.15) is 0 Å². The first-order valence-electron chi connectivity index (χ1n) is 16.5. The first-order valence-corrected chi connectivity index (χ1v) is 16.5. The smallest absolute Gasteiger partial charge is 0.128 e. The number of ether oxygens (including phenoxy) is 1. The fourth-order valence-corrected chi connectivity index (χ4v) is 7.45. The Bertz CT molecular complexity index is 2450. The Morgan fingerprint density at radius 3 is 1.54 bits per heavy atom. The molecule has 1 heterocycles. The van der Waals surface area contributed by atoms with Gasteiger partial charge in [0.25, 0.3) is 0 Å². The molecule has 0 aliphatic carbocycles. The number of hydrogen-bond acceptors (Lipinski definition) is 1. The van der Waals surface area contributed by atoms with E-state index in [9.17, 15) is 0 Å². The van der Waals surface area contributed by atoms with E-state index in [0.717, 1.165) is 33.6 Å². The van der Waals surface area contributed by atoms with Gasteiger partial charge >= 0.3 is 0 Å². The Labute approximate surface area is 281 Å². The van der Waals surface area contributed by atoms with Crippen LogP contribution >= 0.6 is 0 Å². The van der Waals surface area contributed by atoms with Crippen LogP contribution in [-0.2, 0) is 6.61 Å². The Hall–Kier alpha value is -6.18. The van der Waals surface area contributed by atoms with E-state index in [1.807, 2.05) is 0 Å². The van der Waals surface area contributed by atoms with Crippen molar-refractivity contribution in [3.63, 3.8) is 0 Å². The Morgan fingerprint density at radius 1 is 0.375 bits per heavy atom. The standard InChI is InChI=1S/C47H32O/c1-31-37-18-8-9-19-39(37)44-28-34(32-14-4-2-5-15-32)24-25-36(44)30-48-45-29-35(26-27-38(31)45)47-42-22-12-10-20-40(42)46(33-16-6-3-7-17-33)41-21-11-13-23-43(41)47/h2-29H,1,30H2. The average molecular weight is 613 g/mol. The second-order valence-electron chi connectivity index (χ2n) is 12.5. The van der Waals surface area contributed by atoms with E-state index < -0.39 is 0 Å². The average Bonchev–Trinajstić information content (AvgIpc) is 3.20. The van der Waals surface area contributed by atoms with Crippen LogP contribution in [0.1, 0.15) is 16.7 Å². The first-order chi connectivity index (χ1) is 23.7. The van der Waals surface area contributed by atoms with E-state index in [1.54, 1.807) is 0 Å². The monoisotopic (exact) mass is 612 g/mol. The van der Waals surface area contributed by atoms with Gasteiger partial charge in [-0.05, 0) is 94.9 Å². The molecule has 226 valence electrons. The molecule has 0 unspecified atom stereocenters. The Kier molecular flexibility index (Phi) is 6.76. The molecule has 0 bridgehead atoms. The molecule has 48 heavy (non-hydrogen) atoms. The van der Waals surface area contributed by atoms with Crippen molar-refractivity contribution >= 4 is 27.1 Å². The van der Waals surface area contributed by atoms with Crippen LogP contribution in [-0.4, -0.2) is 0 Å². The van der Waals surface area contributed by atoms with Crippen LogP contribution in [0.3, 0.4) is 0 Å². The molecule has 1 aliphatic heterocycles. The van der Waals surface area contributed by atoms with Crippen LogP contribution in [0.2, 0.25) is 0 Å². The van der Waals surface area contributed by atoms with Crippen LogP contribution in [0.15, 0.2) is 176 Å². The summed E-state index contributed by atoms with van der Waals surface area (Å²) in [5, 5.41) is 4.92. The molecule has 0 radical (unpaired) electrons. The number of benzene rings is 8. The number of rotatable bonds is 3. The van der Waals surface area contributed by atoms with Crippen molar-refractivity contribution in [2.75, 3.05) is 0 Å². The van der Waals surface area contributed by atoms with E-state index in [4.69, 9.17) is 4.74 Å². The van der Waals surface area contributed by atoms with Gasteiger partial charge in [-0.25, -0.2) is 0 Å². The summed E-state index contributed by atoms with van der Waals surface area (Å²) in [7, 11) is 0. The zero-order valence-corrected chi connectivity index (χ0v) is 26.5. The van der Waals surface area contributed by atoms with Gasteiger partial charge in [0.05, 0.1) is 0 Å². The maximum Gasteiger partial charge on any atom is 0.128 e. The van der Waals surface area contributed by atoms with Gasteiger partial charge in [0.15, 0.2) is 0 Å². The molecule has 0 fully saturated rings. The molecular weight excluding hydrogens is 581 g/mol. The minimum absolute atomic E-state index is 0.455. The van der Waals surface area contributed by atoms with Crippen LogP contribution in [0.25, 0.3) is 71.6 Å². The molecular formula is C47H32O. The highest BCUT2D eigenvalue weighted by molar-refractivity contribution is 6.21. The van der Waals surface area contributed by atoms with E-state index in [-0.39, 0.29) is 0 Å². The fourth-order valence-electron chi connectivity index (χ4n) is 7.45. The molecule has 0 saturated carbocycles. The fraction of sp³-hybridized carbons (Fsp3) is 0.0213. The molecule has 0 spiro atoms. The molecule has 0 N–H and O–H groups in total. The van der Waals surface area contributed by atoms with Crippen molar-refractivity contribution < 1.29 is 4.74 Å². The van der Waals surface area contributed by atoms with E-state index in [0.29, 0.717) is 6.61 Å². The third-order valence-corrected chi connectivity index (χ3v) is 9.73. The third kappa shape index (κ3) is 4.63. The van der Waals surface area contributed by atoms with Crippen molar-refractivity contribution in [2.24, 2.45) is 0 Å². The largest absolute Gasteiger partial charge is 0.488 e. The SMILES string of the molecule is C=C1c2ccc(-c3c4ccccc4c(-c4ccccc4)c4ccccc34)cc2OCc2ccc(-c3ccccc3)cc2-c2ccccc21. The number of fused-ring (bicyclic) bond motifs is 6. The summed E-state index contributed by atoms with van der Waals surface area (Å²) in [6.45, 7) is 5.12. The lowest BCUT2D eigenvalue weighted by atomic mass is 9.85. The van der Waals surface area contributed by atoms with Crippen molar-refractivity contribution in [1.82, 2.24) is 0 Å². The van der Waals surface area contributed by atoms with Crippen molar-refractivity contribution in [3.8, 4) is 50.3 Å². The van der Waals surface area contributed by atoms with Gasteiger partial charge in [0, 0.05) is 5.56 Å². The molecule has 0 saturated heterocycles. The summed E-state index contributed by atoms with van der Waals surface area (Å²) < 4.78 is 6.80. The third-order valence-electron chi connectivity index (χ3n) is 9.73. The van der Waals surface area contributed by atoms with E-state index in [1.165, 1.54) is 60.5 Å². The molecule has 8 aromatic rings. The van der Waals surface area contributed by atoms with Gasteiger partial charge in [-0.3, -0.25) is 0 Å². The van der Waals surface area contributed by atoms with E-state index >= 15 is 0 Å². The summed E-state index contributed by atoms with van der Waals surface area (Å²) in [6, 6.07) is 60.9. The van der Waals surface area contributed by atoms with Crippen molar-refractivity contribution in [1.29, 1.82) is 0 Å². The van der Waals surface area contributed by atoms with Crippen LogP contribution in [0, 0.1) is 0 Å². The maximum atomic E-state index is 6.80. The molecule has 8 aromatic carbocycles. The van der Waals surface area contributed by atoms with Crippen LogP contribution in [0.5, 0.6) is 5.75 Å². The second-order valence-corrected chi connectivity index (χ2v) is 12.5. The summed E-state index contributed by atoms with van der Waals surface area (Å²) in [5.74, 6) is 0.840. The second kappa shape index (κ2) is 11.6. The van der Waals surface area contributed by atoms with Crippen molar-refractivity contribution in [2.45, 2.75) is 6.61 Å². The minimum atomic E-state index is 0.455. The first kappa shape index (κ1) is 28.1. The molecule has 9 rings (SSSR count). The molecule has 0 aromatic heterocycles. The van der Waals surface area contributed by atoms with Gasteiger partial charge in [0.1, 0.15) is 12.4 Å². The molecule has 0 atom stereocenters. The molecule has 0 amide bonds. The van der Waals surface area contributed by atoms with Gasteiger partial charge in [-0.1, -0.05) is 164 Å². The van der Waals surface area contributed by atoms with Crippen LogP contribution < -0.4 is 4.74 Å². The quantitative estimate of drug-likeness (QED) is 0.180. The van der Waals surface area contributed by atoms with Crippen molar-refractivity contribution in [3.05, 3.63) is 193 Å². The normalized spacial score (nSPS) is 12.3. The van der Waals surface area contributed by atoms with Gasteiger partial charge in [0.2, 0.25) is 0 Å². The summed E-state index contributed by atoms with van der Waals surface area (Å²) in [5.41, 5.74) is 13.8.